The van der Waals surface area contributed by atoms with E-state index in [4.69, 9.17) is 27.9 Å². The summed E-state index contributed by atoms with van der Waals surface area (Å²) in [5, 5.41) is 2.59. The molecule has 0 radical (unpaired) electrons. The van der Waals surface area contributed by atoms with Gasteiger partial charge in [0.1, 0.15) is 10.6 Å². The number of amides is 1. The molecule has 7 nitrogen and oxygen atoms in total. The van der Waals surface area contributed by atoms with E-state index in [-0.39, 0.29) is 27.0 Å². The van der Waals surface area contributed by atoms with Crippen molar-refractivity contribution >= 4 is 44.8 Å². The number of nitrogens with one attached hydrogen (secondary N) is 2. The molecular weight excluding hydrogens is 461 g/mol. The average molecular weight is 480 g/mol. The topological polar surface area (TPSA) is 97.4 Å². The van der Waals surface area contributed by atoms with Gasteiger partial charge in [-0.2, -0.15) is 0 Å². The van der Waals surface area contributed by atoms with Crippen LogP contribution in [-0.4, -0.2) is 33.0 Å². The molecule has 10 heteroatoms. The largest absolute Gasteiger partial charge is 0.497 e. The molecule has 162 valence electrons. The molecule has 0 atom stereocenters. The Morgan fingerprint density at radius 2 is 1.71 bits per heavy atom. The highest BCUT2D eigenvalue weighted by molar-refractivity contribution is 7.89. The van der Waals surface area contributed by atoms with Gasteiger partial charge < -0.3 is 10.1 Å². The van der Waals surface area contributed by atoms with Gasteiger partial charge in [-0.05, 0) is 48.4 Å². The Bertz CT molecular complexity index is 1170. The molecule has 0 saturated carbocycles. The second-order valence-electron chi connectivity index (χ2n) is 6.45. The number of hydrogen-bond acceptors (Lipinski definition) is 5. The average Bonchev–Trinajstić information content (AvgIpc) is 2.74. The number of rotatable bonds is 8. The molecule has 1 heterocycles. The first kappa shape index (κ1) is 23.0. The summed E-state index contributed by atoms with van der Waals surface area (Å²) in [6, 6.07) is 12.9. The number of pyridine rings is 1. The Morgan fingerprint density at radius 1 is 1.03 bits per heavy atom. The van der Waals surface area contributed by atoms with E-state index >= 15 is 0 Å². The van der Waals surface area contributed by atoms with E-state index < -0.39 is 15.9 Å². The smallest absolute Gasteiger partial charge is 0.257 e. The van der Waals surface area contributed by atoms with Gasteiger partial charge in [-0.3, -0.25) is 9.78 Å². The molecule has 2 aromatic carbocycles. The lowest BCUT2D eigenvalue weighted by atomic mass is 10.1. The third-order valence-corrected chi connectivity index (χ3v) is 6.60. The van der Waals surface area contributed by atoms with Crippen LogP contribution in [0, 0.1) is 0 Å². The van der Waals surface area contributed by atoms with E-state index in [1.54, 1.807) is 31.4 Å². The van der Waals surface area contributed by atoms with E-state index in [1.807, 2.05) is 12.1 Å². The second kappa shape index (κ2) is 10.1. The van der Waals surface area contributed by atoms with E-state index in [0.29, 0.717) is 12.1 Å². The maximum atomic E-state index is 12.8. The lowest BCUT2D eigenvalue weighted by Gasteiger charge is -2.12. The normalized spacial score (nSPS) is 11.2. The Morgan fingerprint density at radius 3 is 2.35 bits per heavy atom. The van der Waals surface area contributed by atoms with Crippen molar-refractivity contribution < 1.29 is 17.9 Å². The number of aromatic nitrogens is 1. The number of halogens is 2. The summed E-state index contributed by atoms with van der Waals surface area (Å²) in [5.74, 6) is 0.150. The molecule has 0 aliphatic carbocycles. The quantitative estimate of drug-likeness (QED) is 0.505. The molecule has 1 amide bonds. The highest BCUT2D eigenvalue weighted by Crippen LogP contribution is 2.29. The molecule has 0 unspecified atom stereocenters. The van der Waals surface area contributed by atoms with Crippen LogP contribution in [0.25, 0.3) is 0 Å². The van der Waals surface area contributed by atoms with Crippen molar-refractivity contribution in [3.8, 4) is 5.75 Å². The molecule has 31 heavy (non-hydrogen) atoms. The number of carbonyl (C=O) groups excluding carboxylic acids is 1. The van der Waals surface area contributed by atoms with Gasteiger partial charge in [-0.25, -0.2) is 13.1 Å². The minimum Gasteiger partial charge on any atom is -0.497 e. The van der Waals surface area contributed by atoms with Gasteiger partial charge in [-0.1, -0.05) is 35.3 Å². The van der Waals surface area contributed by atoms with Gasteiger partial charge in [0.2, 0.25) is 10.0 Å². The van der Waals surface area contributed by atoms with E-state index in [0.717, 1.165) is 17.4 Å². The predicted octanol–water partition coefficient (Wildman–Crippen LogP) is 4.17. The first-order valence-electron chi connectivity index (χ1n) is 9.13. The number of carbonyl (C=O) groups is 1. The van der Waals surface area contributed by atoms with Crippen LogP contribution in [0.3, 0.4) is 0 Å². The Balaban J connectivity index is 1.75. The maximum Gasteiger partial charge on any atom is 0.257 e. The highest BCUT2D eigenvalue weighted by atomic mass is 35.5. The van der Waals surface area contributed by atoms with Crippen molar-refractivity contribution in [3.63, 3.8) is 0 Å². The molecule has 1 aromatic heterocycles. The molecule has 3 rings (SSSR count). The molecular formula is C21H19Cl2N3O4S. The lowest BCUT2D eigenvalue weighted by molar-refractivity contribution is 0.102. The van der Waals surface area contributed by atoms with Crippen molar-refractivity contribution in [2.45, 2.75) is 11.3 Å². The van der Waals surface area contributed by atoms with Crippen molar-refractivity contribution in [1.29, 1.82) is 0 Å². The number of methoxy groups -OCH3 is 1. The minimum atomic E-state index is -3.97. The Labute approximate surface area is 190 Å². The van der Waals surface area contributed by atoms with Crippen LogP contribution < -0.4 is 14.8 Å². The van der Waals surface area contributed by atoms with Gasteiger partial charge in [0.15, 0.2) is 0 Å². The van der Waals surface area contributed by atoms with E-state index in [1.165, 1.54) is 18.5 Å². The zero-order valence-corrected chi connectivity index (χ0v) is 18.8. The summed E-state index contributed by atoms with van der Waals surface area (Å²) >= 11 is 12.3. The zero-order valence-electron chi connectivity index (χ0n) is 16.4. The van der Waals surface area contributed by atoms with E-state index in [2.05, 4.69) is 15.0 Å². The van der Waals surface area contributed by atoms with Crippen LogP contribution >= 0.6 is 23.2 Å². The number of anilines is 1. The van der Waals surface area contributed by atoms with Crippen molar-refractivity contribution in [3.05, 3.63) is 82.1 Å². The summed E-state index contributed by atoms with van der Waals surface area (Å²) < 4.78 is 33.2. The first-order valence-corrected chi connectivity index (χ1v) is 11.4. The zero-order chi connectivity index (χ0) is 22.4. The number of benzene rings is 2. The van der Waals surface area contributed by atoms with E-state index in [9.17, 15) is 13.2 Å². The summed E-state index contributed by atoms with van der Waals surface area (Å²) in [6.07, 6.45) is 3.49. The number of nitrogens with zero attached hydrogens (tertiary/aromatic N) is 1. The summed E-state index contributed by atoms with van der Waals surface area (Å²) in [4.78, 5) is 16.2. The van der Waals surface area contributed by atoms with Crippen molar-refractivity contribution in [2.24, 2.45) is 0 Å². The van der Waals surface area contributed by atoms with Gasteiger partial charge in [0.05, 0.1) is 22.7 Å². The Hall–Kier alpha value is -2.65. The summed E-state index contributed by atoms with van der Waals surface area (Å²) in [7, 11) is -2.40. The standard InChI is InChI=1S/C21H19Cl2N3O4S/c1-30-16-4-2-14(3-5-16)6-11-25-31(28,29)20-12-17(18(22)13-19(20)23)21(27)26-15-7-9-24-10-8-15/h2-5,7-10,12-13,25H,6,11H2,1H3,(H,24,26,27). The fraction of sp³-hybridized carbons (Fsp3) is 0.143. The second-order valence-corrected chi connectivity index (χ2v) is 9.00. The molecule has 0 fully saturated rings. The van der Waals surface area contributed by atoms with Crippen LogP contribution in [0.1, 0.15) is 15.9 Å². The van der Waals surface area contributed by atoms with Crippen LogP contribution in [0.2, 0.25) is 10.0 Å². The van der Waals surface area contributed by atoms with Gasteiger partial charge in [0.25, 0.3) is 5.91 Å². The molecule has 0 aliphatic rings. The van der Waals surface area contributed by atoms with Crippen molar-refractivity contribution in [2.75, 3.05) is 19.0 Å². The molecule has 3 aromatic rings. The van der Waals surface area contributed by atoms with Gasteiger partial charge in [-0.15, -0.1) is 0 Å². The molecule has 0 aliphatic heterocycles. The van der Waals surface area contributed by atoms with Crippen molar-refractivity contribution in [1.82, 2.24) is 9.71 Å². The molecule has 0 spiro atoms. The monoisotopic (exact) mass is 479 g/mol. The van der Waals surface area contributed by atoms with Crippen LogP contribution in [0.4, 0.5) is 5.69 Å². The number of hydrogen-bond donors (Lipinski definition) is 2. The summed E-state index contributed by atoms with van der Waals surface area (Å²) in [5.41, 5.74) is 1.41. The van der Waals surface area contributed by atoms with Crippen LogP contribution in [0.5, 0.6) is 5.75 Å². The maximum absolute atomic E-state index is 12.8. The fourth-order valence-corrected chi connectivity index (χ4v) is 4.63. The molecule has 0 saturated heterocycles. The molecule has 2 N–H and O–H groups in total. The third kappa shape index (κ3) is 5.95. The van der Waals surface area contributed by atoms with Crippen LogP contribution in [0.15, 0.2) is 65.8 Å². The third-order valence-electron chi connectivity index (χ3n) is 4.36. The molecule has 0 bridgehead atoms. The first-order chi connectivity index (χ1) is 14.8. The minimum absolute atomic E-state index is 0.0154. The SMILES string of the molecule is COc1ccc(CCNS(=O)(=O)c2cc(C(=O)Nc3ccncc3)c(Cl)cc2Cl)cc1. The highest BCUT2D eigenvalue weighted by Gasteiger charge is 2.22. The summed E-state index contributed by atoms with van der Waals surface area (Å²) in [6.45, 7) is 0.145. The Kier molecular flexibility index (Phi) is 7.50. The predicted molar refractivity (Wildman–Crippen MR) is 121 cm³/mol. The number of ether oxygens (including phenoxy) is 1. The van der Waals surface area contributed by atoms with Crippen LogP contribution in [-0.2, 0) is 16.4 Å². The fourth-order valence-electron chi connectivity index (χ4n) is 2.74. The van der Waals surface area contributed by atoms with Gasteiger partial charge >= 0.3 is 0 Å². The van der Waals surface area contributed by atoms with Gasteiger partial charge in [0, 0.05) is 24.6 Å². The number of sulfonamides is 1. The lowest BCUT2D eigenvalue weighted by Crippen LogP contribution is -2.26.